The summed E-state index contributed by atoms with van der Waals surface area (Å²) in [6.45, 7) is 2.02. The first-order valence-electron chi connectivity index (χ1n) is 13.9. The van der Waals surface area contributed by atoms with Crippen LogP contribution in [0.3, 0.4) is 0 Å². The number of aromatic hydroxyl groups is 1. The van der Waals surface area contributed by atoms with Crippen LogP contribution < -0.4 is 16.0 Å². The zero-order chi connectivity index (χ0) is 28.6. The first kappa shape index (κ1) is 30.7. The molecule has 216 valence electrons. The van der Waals surface area contributed by atoms with Crippen molar-refractivity contribution >= 4 is 36.3 Å². The standard InChI is InChI=1S/C28H43N5O5S/c1-33(2,3)16-8-5-9-22-28(38)32-23(27(37)31-22)17-21(25(32)19-10-12-20(34)13-11-19)26(36)30-15-7-4-6-14-29-24(35)18-39/h10-13,21-23,25H,4-9,14-18H2,1-3H3,(H4-,29,30,31,34,35,36,37,39)/p+1/t21-,22-,23-,25-/m0/s1. The number of nitrogens with zero attached hydrogens (tertiary/aromatic N) is 2. The molecule has 4 N–H and O–H groups in total. The third kappa shape index (κ3) is 8.60. The monoisotopic (exact) mass is 562 g/mol. The largest absolute Gasteiger partial charge is 0.508 e. The second-order valence-corrected chi connectivity index (χ2v) is 11.9. The smallest absolute Gasteiger partial charge is 0.246 e. The molecule has 1 aromatic carbocycles. The summed E-state index contributed by atoms with van der Waals surface area (Å²) in [6.07, 6.45) is 4.96. The normalized spacial score (nSPS) is 22.8. The molecule has 39 heavy (non-hydrogen) atoms. The average molecular weight is 563 g/mol. The van der Waals surface area contributed by atoms with Crippen LogP contribution in [0.4, 0.5) is 0 Å². The van der Waals surface area contributed by atoms with E-state index in [-0.39, 0.29) is 41.6 Å². The highest BCUT2D eigenvalue weighted by atomic mass is 32.1. The summed E-state index contributed by atoms with van der Waals surface area (Å²) in [5, 5.41) is 18.5. The Labute approximate surface area is 236 Å². The Balaban J connectivity index is 1.66. The second kappa shape index (κ2) is 14.0. The Morgan fingerprint density at radius 3 is 2.33 bits per heavy atom. The molecule has 0 radical (unpaired) electrons. The maximum atomic E-state index is 13.7. The summed E-state index contributed by atoms with van der Waals surface area (Å²) in [4.78, 5) is 53.1. The number of hydrogen-bond donors (Lipinski definition) is 5. The highest BCUT2D eigenvalue weighted by molar-refractivity contribution is 7.81. The Bertz CT molecular complexity index is 1010. The number of carbonyl (C=O) groups is 4. The van der Waals surface area contributed by atoms with Crippen LogP contribution in [0.1, 0.15) is 56.6 Å². The van der Waals surface area contributed by atoms with Gasteiger partial charge in [-0.15, -0.1) is 0 Å². The van der Waals surface area contributed by atoms with E-state index in [1.165, 1.54) is 0 Å². The highest BCUT2D eigenvalue weighted by Gasteiger charge is 2.54. The molecule has 2 heterocycles. The lowest BCUT2D eigenvalue weighted by molar-refractivity contribution is -0.870. The molecule has 4 amide bonds. The van der Waals surface area contributed by atoms with Gasteiger partial charge in [0.2, 0.25) is 23.6 Å². The molecule has 2 aliphatic rings. The van der Waals surface area contributed by atoms with E-state index in [2.05, 4.69) is 49.7 Å². The van der Waals surface area contributed by atoms with Crippen molar-refractivity contribution in [1.29, 1.82) is 0 Å². The van der Waals surface area contributed by atoms with Gasteiger partial charge in [-0.2, -0.15) is 12.6 Å². The number of benzene rings is 1. The molecule has 2 aliphatic heterocycles. The van der Waals surface area contributed by atoms with Crippen LogP contribution in [0.5, 0.6) is 5.75 Å². The molecule has 11 heteroatoms. The van der Waals surface area contributed by atoms with Crippen LogP contribution in [0.25, 0.3) is 0 Å². The predicted octanol–water partition coefficient (Wildman–Crippen LogP) is 1.36. The maximum absolute atomic E-state index is 13.7. The summed E-state index contributed by atoms with van der Waals surface area (Å²) >= 11 is 3.93. The number of fused-ring (bicyclic) bond motifs is 1. The number of unbranched alkanes of at least 4 members (excludes halogenated alkanes) is 3. The first-order chi connectivity index (χ1) is 18.5. The van der Waals surface area contributed by atoms with E-state index in [9.17, 15) is 24.3 Å². The lowest BCUT2D eigenvalue weighted by Crippen LogP contribution is -2.61. The number of hydrogen-bond acceptors (Lipinski definition) is 6. The van der Waals surface area contributed by atoms with Crippen molar-refractivity contribution in [1.82, 2.24) is 20.9 Å². The number of thiol groups is 1. The van der Waals surface area contributed by atoms with Gasteiger partial charge in [0.1, 0.15) is 17.8 Å². The fraction of sp³-hybridized carbons (Fsp3) is 0.643. The summed E-state index contributed by atoms with van der Waals surface area (Å²) in [5.74, 6) is -0.982. The van der Waals surface area contributed by atoms with Crippen molar-refractivity contribution in [3.8, 4) is 5.75 Å². The highest BCUT2D eigenvalue weighted by Crippen LogP contribution is 2.43. The molecule has 0 aromatic heterocycles. The number of quaternary nitrogens is 1. The Morgan fingerprint density at radius 2 is 1.69 bits per heavy atom. The van der Waals surface area contributed by atoms with Crippen LogP contribution in [-0.4, -0.2) is 96.7 Å². The van der Waals surface area contributed by atoms with Crippen LogP contribution in [-0.2, 0) is 19.2 Å². The molecule has 3 rings (SSSR count). The number of rotatable bonds is 14. The third-order valence-corrected chi connectivity index (χ3v) is 7.71. The van der Waals surface area contributed by atoms with Gasteiger partial charge in [-0.25, -0.2) is 0 Å². The van der Waals surface area contributed by atoms with Gasteiger partial charge in [-0.1, -0.05) is 12.1 Å². The minimum absolute atomic E-state index is 0.0951. The minimum Gasteiger partial charge on any atom is -0.508 e. The molecule has 0 bridgehead atoms. The Kier molecular flexibility index (Phi) is 11.1. The fourth-order valence-corrected chi connectivity index (χ4v) is 5.51. The zero-order valence-corrected chi connectivity index (χ0v) is 24.2. The van der Waals surface area contributed by atoms with Crippen molar-refractivity contribution in [2.75, 3.05) is 46.5 Å². The molecule has 1 aromatic rings. The number of phenols is 1. The average Bonchev–Trinajstić information content (AvgIpc) is 3.30. The lowest BCUT2D eigenvalue weighted by atomic mass is 9.92. The molecular formula is C28H44N5O5S+. The molecular weight excluding hydrogens is 518 g/mol. The number of piperazine rings is 1. The van der Waals surface area contributed by atoms with Gasteiger partial charge in [0.15, 0.2) is 0 Å². The Hall–Kier alpha value is -2.79. The maximum Gasteiger partial charge on any atom is 0.246 e. The van der Waals surface area contributed by atoms with E-state index in [0.717, 1.165) is 48.7 Å². The summed E-state index contributed by atoms with van der Waals surface area (Å²) in [7, 11) is 6.38. The zero-order valence-electron chi connectivity index (χ0n) is 23.3. The third-order valence-electron chi connectivity index (χ3n) is 7.43. The van der Waals surface area contributed by atoms with E-state index >= 15 is 0 Å². The van der Waals surface area contributed by atoms with E-state index in [1.807, 2.05) is 0 Å². The molecule has 10 nitrogen and oxygen atoms in total. The van der Waals surface area contributed by atoms with Crippen molar-refractivity contribution in [3.63, 3.8) is 0 Å². The molecule has 2 saturated heterocycles. The van der Waals surface area contributed by atoms with Gasteiger partial charge in [-0.05, 0) is 62.6 Å². The van der Waals surface area contributed by atoms with E-state index in [0.29, 0.717) is 19.5 Å². The number of nitrogens with one attached hydrogen (secondary N) is 3. The first-order valence-corrected chi connectivity index (χ1v) is 14.5. The van der Waals surface area contributed by atoms with Crippen LogP contribution in [0, 0.1) is 5.92 Å². The van der Waals surface area contributed by atoms with Crippen LogP contribution in [0.15, 0.2) is 24.3 Å². The van der Waals surface area contributed by atoms with Crippen molar-refractivity contribution < 1.29 is 28.8 Å². The summed E-state index contributed by atoms with van der Waals surface area (Å²) in [6, 6.07) is 4.63. The van der Waals surface area contributed by atoms with Gasteiger partial charge in [0.05, 0.1) is 45.4 Å². The van der Waals surface area contributed by atoms with Crippen molar-refractivity contribution in [3.05, 3.63) is 29.8 Å². The van der Waals surface area contributed by atoms with Crippen molar-refractivity contribution in [2.24, 2.45) is 5.92 Å². The molecule has 4 atom stereocenters. The van der Waals surface area contributed by atoms with Crippen LogP contribution in [0.2, 0.25) is 0 Å². The number of phenolic OH excluding ortho intramolecular Hbond substituents is 1. The minimum atomic E-state index is -0.704. The van der Waals surface area contributed by atoms with E-state index in [4.69, 9.17) is 0 Å². The SMILES string of the molecule is C[N+](C)(C)CCCC[C@@H]1NC(=O)[C@@H]2C[C@H](C(=O)NCCCCCNC(=O)CS)[C@H](c3ccc(O)cc3)N2C1=O. The van der Waals surface area contributed by atoms with Crippen LogP contribution >= 0.6 is 12.6 Å². The Morgan fingerprint density at radius 1 is 1.03 bits per heavy atom. The fourth-order valence-electron chi connectivity index (χ4n) is 5.40. The van der Waals surface area contributed by atoms with E-state index in [1.54, 1.807) is 29.2 Å². The number of amides is 4. The molecule has 0 spiro atoms. The van der Waals surface area contributed by atoms with Gasteiger partial charge >= 0.3 is 0 Å². The predicted molar refractivity (Wildman–Crippen MR) is 152 cm³/mol. The van der Waals surface area contributed by atoms with Gasteiger partial charge in [0, 0.05) is 13.1 Å². The van der Waals surface area contributed by atoms with Gasteiger partial charge in [-0.3, -0.25) is 19.2 Å². The van der Waals surface area contributed by atoms with Gasteiger partial charge < -0.3 is 30.4 Å². The van der Waals surface area contributed by atoms with E-state index < -0.39 is 24.0 Å². The number of carbonyl (C=O) groups excluding carboxylic acids is 4. The molecule has 0 unspecified atom stereocenters. The molecule has 2 fully saturated rings. The lowest BCUT2D eigenvalue weighted by Gasteiger charge is -2.38. The quantitative estimate of drug-likeness (QED) is 0.133. The van der Waals surface area contributed by atoms with Crippen molar-refractivity contribution in [2.45, 2.75) is 63.1 Å². The summed E-state index contributed by atoms with van der Waals surface area (Å²) in [5.41, 5.74) is 0.724. The topological polar surface area (TPSA) is 128 Å². The van der Waals surface area contributed by atoms with Gasteiger partial charge in [0.25, 0.3) is 0 Å². The molecule has 0 saturated carbocycles. The second-order valence-electron chi connectivity index (χ2n) is 11.6. The summed E-state index contributed by atoms with van der Waals surface area (Å²) < 4.78 is 0.839. The molecule has 0 aliphatic carbocycles.